The van der Waals surface area contributed by atoms with Gasteiger partial charge in [-0.05, 0) is 12.1 Å². The average Bonchev–Trinajstić information content (AvgIpc) is 2.78. The summed E-state index contributed by atoms with van der Waals surface area (Å²) >= 11 is 5.78. The van der Waals surface area contributed by atoms with Crippen molar-refractivity contribution in [3.63, 3.8) is 0 Å². The summed E-state index contributed by atoms with van der Waals surface area (Å²) in [5.41, 5.74) is 1.48. The molecular formula is C12H12ClN3O3. The molecule has 0 saturated carbocycles. The molecule has 6 nitrogen and oxygen atoms in total. The summed E-state index contributed by atoms with van der Waals surface area (Å²) in [6.45, 7) is -0.180. The second-order valence-electron chi connectivity index (χ2n) is 3.72. The monoisotopic (exact) mass is 281 g/mol. The maximum atomic E-state index is 11.0. The van der Waals surface area contributed by atoms with Gasteiger partial charge in [0.05, 0.1) is 23.5 Å². The molecule has 0 aromatic carbocycles. The molecule has 0 N–H and O–H groups in total. The third-order valence-corrected chi connectivity index (χ3v) is 2.64. The summed E-state index contributed by atoms with van der Waals surface area (Å²) in [5.74, 6) is -0.128. The Morgan fingerprint density at radius 1 is 1.47 bits per heavy atom. The molecule has 2 aromatic rings. The Morgan fingerprint density at radius 2 is 2.26 bits per heavy atom. The van der Waals surface area contributed by atoms with E-state index < -0.39 is 5.97 Å². The Kier molecular flexibility index (Phi) is 4.01. The molecule has 0 aliphatic heterocycles. The van der Waals surface area contributed by atoms with E-state index in [2.05, 4.69) is 14.8 Å². The van der Waals surface area contributed by atoms with Crippen LogP contribution in [0.2, 0.25) is 5.02 Å². The van der Waals surface area contributed by atoms with Crippen LogP contribution < -0.4 is 4.74 Å². The van der Waals surface area contributed by atoms with Crippen molar-refractivity contribution in [2.75, 3.05) is 13.7 Å². The summed E-state index contributed by atoms with van der Waals surface area (Å²) in [4.78, 5) is 15.2. The number of carbonyl (C=O) groups is 1. The number of esters is 1. The van der Waals surface area contributed by atoms with Gasteiger partial charge >= 0.3 is 5.97 Å². The van der Waals surface area contributed by atoms with Crippen molar-refractivity contribution in [2.24, 2.45) is 7.05 Å². The summed E-state index contributed by atoms with van der Waals surface area (Å²) in [6.07, 6.45) is 1.55. The SMILES string of the molecule is COC(=O)COc1cc(-c2ccc(Cl)cn2)n(C)n1. The van der Waals surface area contributed by atoms with Gasteiger partial charge in [-0.25, -0.2) is 4.79 Å². The van der Waals surface area contributed by atoms with Crippen molar-refractivity contribution >= 4 is 17.6 Å². The Balaban J connectivity index is 2.16. The number of carbonyl (C=O) groups excluding carboxylic acids is 1. The number of nitrogens with zero attached hydrogens (tertiary/aromatic N) is 3. The molecule has 0 amide bonds. The normalized spacial score (nSPS) is 10.3. The van der Waals surface area contributed by atoms with Crippen LogP contribution in [-0.2, 0) is 16.6 Å². The van der Waals surface area contributed by atoms with Crippen LogP contribution in [0.25, 0.3) is 11.4 Å². The summed E-state index contributed by atoms with van der Waals surface area (Å²) < 4.78 is 11.3. The van der Waals surface area contributed by atoms with Crippen LogP contribution in [0.15, 0.2) is 24.4 Å². The third-order valence-electron chi connectivity index (χ3n) is 2.41. The van der Waals surface area contributed by atoms with E-state index in [1.807, 2.05) is 0 Å². The smallest absolute Gasteiger partial charge is 0.343 e. The molecule has 0 fully saturated rings. The highest BCUT2D eigenvalue weighted by Crippen LogP contribution is 2.22. The van der Waals surface area contributed by atoms with E-state index in [-0.39, 0.29) is 6.61 Å². The second-order valence-corrected chi connectivity index (χ2v) is 4.15. The molecule has 0 atom stereocenters. The van der Waals surface area contributed by atoms with E-state index in [4.69, 9.17) is 16.3 Å². The summed E-state index contributed by atoms with van der Waals surface area (Å²) in [5, 5.41) is 4.69. The number of rotatable bonds is 4. The molecule has 2 heterocycles. The van der Waals surface area contributed by atoms with E-state index in [1.54, 1.807) is 36.1 Å². The first kappa shape index (κ1) is 13.4. The van der Waals surface area contributed by atoms with Crippen LogP contribution in [0, 0.1) is 0 Å². The van der Waals surface area contributed by atoms with Gasteiger partial charge in [-0.3, -0.25) is 9.67 Å². The number of aromatic nitrogens is 3. The van der Waals surface area contributed by atoms with E-state index in [1.165, 1.54) is 7.11 Å². The fourth-order valence-electron chi connectivity index (χ4n) is 1.47. The molecule has 0 aliphatic carbocycles. The molecule has 0 aliphatic rings. The lowest BCUT2D eigenvalue weighted by Gasteiger charge is -1.99. The van der Waals surface area contributed by atoms with Crippen LogP contribution in [0.5, 0.6) is 5.88 Å². The van der Waals surface area contributed by atoms with Gasteiger partial charge in [0, 0.05) is 19.3 Å². The lowest BCUT2D eigenvalue weighted by molar-refractivity contribution is -0.143. The van der Waals surface area contributed by atoms with E-state index >= 15 is 0 Å². The van der Waals surface area contributed by atoms with Gasteiger partial charge in [-0.2, -0.15) is 0 Å². The predicted molar refractivity (Wildman–Crippen MR) is 69.0 cm³/mol. The van der Waals surface area contributed by atoms with Crippen LogP contribution in [0.4, 0.5) is 0 Å². The Labute approximate surface area is 114 Å². The Bertz CT molecular complexity index is 580. The molecule has 0 unspecified atom stereocenters. The molecule has 19 heavy (non-hydrogen) atoms. The van der Waals surface area contributed by atoms with Gasteiger partial charge in [0.1, 0.15) is 0 Å². The van der Waals surface area contributed by atoms with Crippen molar-refractivity contribution in [3.05, 3.63) is 29.4 Å². The number of ether oxygens (including phenoxy) is 2. The third kappa shape index (κ3) is 3.23. The standard InChI is InChI=1S/C12H12ClN3O3/c1-16-10(9-4-3-8(13)6-14-9)5-11(15-16)19-7-12(17)18-2/h3-6H,7H2,1-2H3. The first-order valence-electron chi connectivity index (χ1n) is 5.45. The lowest BCUT2D eigenvalue weighted by Crippen LogP contribution is -2.12. The van der Waals surface area contributed by atoms with Crippen LogP contribution >= 0.6 is 11.6 Å². The van der Waals surface area contributed by atoms with Crippen molar-refractivity contribution in [3.8, 4) is 17.3 Å². The first-order chi connectivity index (χ1) is 9.10. The summed E-state index contributed by atoms with van der Waals surface area (Å²) in [6, 6.07) is 5.22. The maximum absolute atomic E-state index is 11.0. The quantitative estimate of drug-likeness (QED) is 0.798. The van der Waals surface area contributed by atoms with E-state index in [9.17, 15) is 4.79 Å². The largest absolute Gasteiger partial charge is 0.466 e. The molecular weight excluding hydrogens is 270 g/mol. The van der Waals surface area contributed by atoms with Crippen molar-refractivity contribution in [1.29, 1.82) is 0 Å². The zero-order chi connectivity index (χ0) is 13.8. The van der Waals surface area contributed by atoms with Crippen LogP contribution in [-0.4, -0.2) is 34.5 Å². The molecule has 100 valence electrons. The first-order valence-corrected chi connectivity index (χ1v) is 5.83. The molecule has 0 saturated heterocycles. The highest BCUT2D eigenvalue weighted by atomic mass is 35.5. The van der Waals surface area contributed by atoms with Gasteiger partial charge in [-0.1, -0.05) is 11.6 Å². The summed E-state index contributed by atoms with van der Waals surface area (Å²) in [7, 11) is 3.06. The minimum Gasteiger partial charge on any atom is -0.466 e. The van der Waals surface area contributed by atoms with Crippen molar-refractivity contribution < 1.29 is 14.3 Å². The highest BCUT2D eigenvalue weighted by molar-refractivity contribution is 6.30. The lowest BCUT2D eigenvalue weighted by atomic mass is 10.3. The van der Waals surface area contributed by atoms with Crippen LogP contribution in [0.3, 0.4) is 0 Å². The number of halogens is 1. The molecule has 7 heteroatoms. The number of aryl methyl sites for hydroxylation is 1. The molecule has 0 bridgehead atoms. The zero-order valence-electron chi connectivity index (χ0n) is 10.5. The van der Waals surface area contributed by atoms with E-state index in [0.29, 0.717) is 16.6 Å². The average molecular weight is 282 g/mol. The van der Waals surface area contributed by atoms with Crippen LogP contribution in [0.1, 0.15) is 0 Å². The molecule has 2 rings (SSSR count). The number of hydrogen-bond acceptors (Lipinski definition) is 5. The molecule has 0 spiro atoms. The predicted octanol–water partition coefficient (Wildman–Crippen LogP) is 1.69. The minimum absolute atomic E-state index is 0.180. The maximum Gasteiger partial charge on any atom is 0.343 e. The fourth-order valence-corrected chi connectivity index (χ4v) is 1.58. The Hall–Kier alpha value is -2.08. The van der Waals surface area contributed by atoms with Gasteiger partial charge in [0.25, 0.3) is 0 Å². The number of pyridine rings is 1. The van der Waals surface area contributed by atoms with Crippen molar-refractivity contribution in [2.45, 2.75) is 0 Å². The Morgan fingerprint density at radius 3 is 2.89 bits per heavy atom. The fraction of sp³-hybridized carbons (Fsp3) is 0.250. The van der Waals surface area contributed by atoms with Gasteiger partial charge in [0.2, 0.25) is 5.88 Å². The molecule has 2 aromatic heterocycles. The zero-order valence-corrected chi connectivity index (χ0v) is 11.2. The van der Waals surface area contributed by atoms with Crippen molar-refractivity contribution in [1.82, 2.24) is 14.8 Å². The highest BCUT2D eigenvalue weighted by Gasteiger charge is 2.11. The molecule has 0 radical (unpaired) electrons. The minimum atomic E-state index is -0.461. The number of hydrogen-bond donors (Lipinski definition) is 0. The number of methoxy groups -OCH3 is 1. The van der Waals surface area contributed by atoms with E-state index in [0.717, 1.165) is 5.69 Å². The van der Waals surface area contributed by atoms with Gasteiger partial charge in [-0.15, -0.1) is 5.10 Å². The topological polar surface area (TPSA) is 66.2 Å². The van der Waals surface area contributed by atoms with Gasteiger partial charge < -0.3 is 9.47 Å². The van der Waals surface area contributed by atoms with Gasteiger partial charge in [0.15, 0.2) is 6.61 Å². The second kappa shape index (κ2) is 5.71.